The number of fused-ring (bicyclic) bond motifs is 1. The highest BCUT2D eigenvalue weighted by atomic mass is 35.5. The van der Waals surface area contributed by atoms with E-state index in [9.17, 15) is 9.59 Å². The maximum Gasteiger partial charge on any atom is 0.260 e. The second-order valence-corrected chi connectivity index (χ2v) is 7.87. The van der Waals surface area contributed by atoms with Gasteiger partial charge in [-0.25, -0.2) is 0 Å². The molecule has 0 radical (unpaired) electrons. The predicted octanol–water partition coefficient (Wildman–Crippen LogP) is 5.74. The summed E-state index contributed by atoms with van der Waals surface area (Å²) in [5.74, 6) is 0.420. The zero-order valence-electron chi connectivity index (χ0n) is 17.9. The molecule has 0 unspecified atom stereocenters. The highest BCUT2D eigenvalue weighted by Gasteiger charge is 2.22. The number of aromatic nitrogens is 1. The quantitative estimate of drug-likeness (QED) is 0.411. The average Bonchev–Trinajstić information content (AvgIpc) is 2.79. The van der Waals surface area contributed by atoms with Crippen LogP contribution in [0.25, 0.3) is 10.9 Å². The van der Waals surface area contributed by atoms with Crippen molar-refractivity contribution >= 4 is 34.1 Å². The number of nitrogens with one attached hydrogen (secondary N) is 1. The van der Waals surface area contributed by atoms with E-state index in [2.05, 4.69) is 4.98 Å². The first-order valence-electron chi connectivity index (χ1n) is 10.4. The normalized spacial score (nSPS) is 10.8. The van der Waals surface area contributed by atoms with Gasteiger partial charge in [-0.05, 0) is 67.3 Å². The molecule has 162 valence electrons. The fourth-order valence-corrected chi connectivity index (χ4v) is 3.88. The van der Waals surface area contributed by atoms with Crippen molar-refractivity contribution in [1.82, 2.24) is 4.98 Å². The minimum atomic E-state index is -0.288. The zero-order chi connectivity index (χ0) is 22.7. The number of nitrogens with zero attached hydrogens (tertiary/aromatic N) is 1. The Morgan fingerprint density at radius 2 is 1.78 bits per heavy atom. The summed E-state index contributed by atoms with van der Waals surface area (Å²) in [5, 5.41) is 1.27. The predicted molar refractivity (Wildman–Crippen MR) is 129 cm³/mol. The van der Waals surface area contributed by atoms with E-state index in [0.29, 0.717) is 34.2 Å². The van der Waals surface area contributed by atoms with E-state index in [1.807, 2.05) is 38.1 Å². The first-order valence-corrected chi connectivity index (χ1v) is 10.8. The first kappa shape index (κ1) is 21.7. The fraction of sp³-hybridized carbons (Fsp3) is 0.154. The second kappa shape index (κ2) is 9.28. The number of aryl methyl sites for hydroxylation is 1. The summed E-state index contributed by atoms with van der Waals surface area (Å²) >= 11 is 6.31. The molecule has 1 heterocycles. The van der Waals surface area contributed by atoms with Gasteiger partial charge in [0.25, 0.3) is 11.5 Å². The lowest BCUT2D eigenvalue weighted by atomic mass is 10.1. The number of H-pyrrole nitrogens is 1. The molecular weight excluding hydrogens is 424 g/mol. The molecule has 32 heavy (non-hydrogen) atoms. The average molecular weight is 447 g/mol. The number of halogens is 1. The molecule has 0 fully saturated rings. The third-order valence-electron chi connectivity index (χ3n) is 5.30. The van der Waals surface area contributed by atoms with Gasteiger partial charge in [0.1, 0.15) is 5.75 Å². The number of carbonyl (C=O) groups excluding carboxylic acids is 1. The molecule has 1 amide bonds. The summed E-state index contributed by atoms with van der Waals surface area (Å²) in [6.07, 6.45) is 0. The topological polar surface area (TPSA) is 62.4 Å². The van der Waals surface area contributed by atoms with Gasteiger partial charge in [-0.15, -0.1) is 0 Å². The van der Waals surface area contributed by atoms with Crippen LogP contribution in [0.4, 0.5) is 5.69 Å². The van der Waals surface area contributed by atoms with Crippen LogP contribution in [0.1, 0.15) is 28.4 Å². The summed E-state index contributed by atoms with van der Waals surface area (Å²) in [6.45, 7) is 4.50. The van der Waals surface area contributed by atoms with Crippen LogP contribution in [0.2, 0.25) is 5.02 Å². The van der Waals surface area contributed by atoms with Crippen LogP contribution in [-0.4, -0.2) is 17.5 Å². The number of carbonyl (C=O) groups is 1. The van der Waals surface area contributed by atoms with E-state index in [1.54, 1.807) is 53.4 Å². The van der Waals surface area contributed by atoms with E-state index in [4.69, 9.17) is 16.3 Å². The van der Waals surface area contributed by atoms with Crippen molar-refractivity contribution in [3.63, 3.8) is 0 Å². The molecule has 0 spiro atoms. The lowest BCUT2D eigenvalue weighted by Crippen LogP contribution is -2.33. The van der Waals surface area contributed by atoms with E-state index in [1.165, 1.54) is 0 Å². The zero-order valence-corrected chi connectivity index (χ0v) is 18.6. The van der Waals surface area contributed by atoms with Crippen LogP contribution in [0.5, 0.6) is 5.75 Å². The van der Waals surface area contributed by atoms with Gasteiger partial charge in [0.05, 0.1) is 29.3 Å². The molecule has 1 aromatic heterocycles. The number of aromatic amines is 1. The minimum Gasteiger partial charge on any atom is -0.494 e. The van der Waals surface area contributed by atoms with Gasteiger partial charge in [-0.1, -0.05) is 41.9 Å². The maximum absolute atomic E-state index is 13.5. The van der Waals surface area contributed by atoms with Crippen LogP contribution < -0.4 is 15.2 Å². The highest BCUT2D eigenvalue weighted by molar-refractivity contribution is 6.34. The molecule has 0 bridgehead atoms. The number of para-hydroxylation sites is 1. The highest BCUT2D eigenvalue weighted by Crippen LogP contribution is 2.26. The van der Waals surface area contributed by atoms with Crippen molar-refractivity contribution in [2.75, 3.05) is 11.5 Å². The number of ether oxygens (including phenoxy) is 1. The van der Waals surface area contributed by atoms with Crippen molar-refractivity contribution < 1.29 is 9.53 Å². The van der Waals surface area contributed by atoms with Crippen molar-refractivity contribution in [2.24, 2.45) is 0 Å². The van der Waals surface area contributed by atoms with Crippen molar-refractivity contribution in [3.05, 3.63) is 105 Å². The Balaban J connectivity index is 1.78. The van der Waals surface area contributed by atoms with E-state index in [-0.39, 0.29) is 18.0 Å². The molecule has 0 saturated carbocycles. The molecule has 4 aromatic rings. The number of benzene rings is 3. The smallest absolute Gasteiger partial charge is 0.260 e. The van der Waals surface area contributed by atoms with Crippen LogP contribution in [-0.2, 0) is 6.54 Å². The lowest BCUT2D eigenvalue weighted by Gasteiger charge is -2.24. The van der Waals surface area contributed by atoms with Crippen LogP contribution >= 0.6 is 11.6 Å². The molecule has 0 aliphatic carbocycles. The van der Waals surface area contributed by atoms with Gasteiger partial charge < -0.3 is 14.6 Å². The van der Waals surface area contributed by atoms with Crippen molar-refractivity contribution in [2.45, 2.75) is 20.4 Å². The van der Waals surface area contributed by atoms with Crippen molar-refractivity contribution in [3.8, 4) is 5.75 Å². The van der Waals surface area contributed by atoms with E-state index in [0.717, 1.165) is 16.5 Å². The summed E-state index contributed by atoms with van der Waals surface area (Å²) in [4.78, 5) is 30.9. The SMILES string of the molecule is CCOc1ccc(N(Cc2cc3cccc(C)c3[nH]c2=O)C(=O)c2ccccc2Cl)cc1. The minimum absolute atomic E-state index is 0.0945. The van der Waals surface area contributed by atoms with Gasteiger partial charge in [0.15, 0.2) is 0 Å². The number of hydrogen-bond donors (Lipinski definition) is 1. The summed E-state index contributed by atoms with van der Waals surface area (Å²) in [7, 11) is 0. The number of pyridine rings is 1. The van der Waals surface area contributed by atoms with E-state index < -0.39 is 0 Å². The van der Waals surface area contributed by atoms with Gasteiger partial charge >= 0.3 is 0 Å². The van der Waals surface area contributed by atoms with Gasteiger partial charge in [-0.2, -0.15) is 0 Å². The van der Waals surface area contributed by atoms with Gasteiger partial charge in [-0.3, -0.25) is 9.59 Å². The van der Waals surface area contributed by atoms with Crippen LogP contribution in [0.3, 0.4) is 0 Å². The molecule has 4 rings (SSSR count). The number of hydrogen-bond acceptors (Lipinski definition) is 3. The van der Waals surface area contributed by atoms with Gasteiger partial charge in [0, 0.05) is 11.3 Å². The van der Waals surface area contributed by atoms with Crippen molar-refractivity contribution in [1.29, 1.82) is 0 Å². The molecule has 6 heteroatoms. The third-order valence-corrected chi connectivity index (χ3v) is 5.63. The van der Waals surface area contributed by atoms with Crippen LogP contribution in [0, 0.1) is 6.92 Å². The Bertz CT molecular complexity index is 1330. The maximum atomic E-state index is 13.5. The third kappa shape index (κ3) is 4.39. The number of rotatable bonds is 6. The fourth-order valence-electron chi connectivity index (χ4n) is 3.67. The Morgan fingerprint density at radius 1 is 1.03 bits per heavy atom. The second-order valence-electron chi connectivity index (χ2n) is 7.46. The molecule has 0 aliphatic rings. The largest absolute Gasteiger partial charge is 0.494 e. The van der Waals surface area contributed by atoms with Crippen LogP contribution in [0.15, 0.2) is 77.6 Å². The molecule has 3 aromatic carbocycles. The molecule has 5 nitrogen and oxygen atoms in total. The number of anilines is 1. The Morgan fingerprint density at radius 3 is 2.50 bits per heavy atom. The summed E-state index contributed by atoms with van der Waals surface area (Å²) in [5.41, 5.74) is 3.05. The summed E-state index contributed by atoms with van der Waals surface area (Å²) < 4.78 is 5.52. The first-order chi connectivity index (χ1) is 15.5. The van der Waals surface area contributed by atoms with E-state index >= 15 is 0 Å². The standard InChI is InChI=1S/C26H23ClN2O3/c1-3-32-21-13-11-20(12-14-21)29(26(31)22-9-4-5-10-23(22)27)16-19-15-18-8-6-7-17(2)24(18)28-25(19)30/h4-15H,3,16H2,1-2H3,(H,28,30). The monoisotopic (exact) mass is 446 g/mol. The summed E-state index contributed by atoms with van der Waals surface area (Å²) in [6, 6.07) is 21.8. The Hall–Kier alpha value is -3.57. The number of amides is 1. The molecule has 0 atom stereocenters. The molecular formula is C26H23ClN2O3. The molecule has 0 aliphatic heterocycles. The molecule has 0 saturated heterocycles. The Kier molecular flexibility index (Phi) is 6.28. The Labute approximate surface area is 191 Å². The lowest BCUT2D eigenvalue weighted by molar-refractivity contribution is 0.0985. The van der Waals surface area contributed by atoms with Gasteiger partial charge in [0.2, 0.25) is 0 Å². The molecule has 1 N–H and O–H groups in total.